The van der Waals surface area contributed by atoms with E-state index in [1.807, 2.05) is 24.9 Å². The van der Waals surface area contributed by atoms with Gasteiger partial charge in [0.25, 0.3) is 0 Å². The van der Waals surface area contributed by atoms with Crippen LogP contribution < -0.4 is 5.01 Å². The lowest BCUT2D eigenvalue weighted by Gasteiger charge is -2.25. The van der Waals surface area contributed by atoms with Crippen LogP contribution in [0.15, 0.2) is 65.1 Å². The Labute approximate surface area is 164 Å². The SMILES string of the molecule is C/C(=C\N(N=NC(C)C)c1c(C(C)C)cccc1C(C)C)c1ccccc1. The van der Waals surface area contributed by atoms with Gasteiger partial charge in [-0.25, -0.2) is 5.01 Å². The van der Waals surface area contributed by atoms with E-state index < -0.39 is 0 Å². The summed E-state index contributed by atoms with van der Waals surface area (Å²) in [5, 5.41) is 11.1. The van der Waals surface area contributed by atoms with E-state index in [2.05, 4.69) is 93.6 Å². The number of rotatable bonds is 7. The number of allylic oxidation sites excluding steroid dienone is 1. The van der Waals surface area contributed by atoms with Crippen molar-refractivity contribution < 1.29 is 0 Å². The monoisotopic (exact) mass is 363 g/mol. The third-order valence-corrected chi connectivity index (χ3v) is 4.50. The molecule has 0 amide bonds. The van der Waals surface area contributed by atoms with Crippen LogP contribution in [0.4, 0.5) is 5.69 Å². The molecule has 0 fully saturated rings. The van der Waals surface area contributed by atoms with E-state index in [9.17, 15) is 0 Å². The number of para-hydroxylation sites is 1. The zero-order valence-electron chi connectivity index (χ0n) is 17.8. The molecule has 3 nitrogen and oxygen atoms in total. The largest absolute Gasteiger partial charge is 0.222 e. The van der Waals surface area contributed by atoms with Gasteiger partial charge >= 0.3 is 0 Å². The van der Waals surface area contributed by atoms with Crippen LogP contribution in [0.1, 0.15) is 77.0 Å². The van der Waals surface area contributed by atoms with Gasteiger partial charge in [-0.05, 0) is 54.9 Å². The second kappa shape index (κ2) is 9.50. The van der Waals surface area contributed by atoms with Crippen molar-refractivity contribution in [2.75, 3.05) is 5.01 Å². The molecular weight excluding hydrogens is 330 g/mol. The molecule has 0 aromatic heterocycles. The molecule has 3 heteroatoms. The molecule has 0 aliphatic carbocycles. The molecule has 144 valence electrons. The molecule has 0 aliphatic heterocycles. The fourth-order valence-electron chi connectivity index (χ4n) is 3.03. The second-order valence-electron chi connectivity index (χ2n) is 7.92. The maximum atomic E-state index is 4.63. The van der Waals surface area contributed by atoms with Gasteiger partial charge in [0, 0.05) is 6.20 Å². The van der Waals surface area contributed by atoms with Crippen LogP contribution in [0.25, 0.3) is 5.57 Å². The molecule has 27 heavy (non-hydrogen) atoms. The van der Waals surface area contributed by atoms with Gasteiger partial charge in [-0.3, -0.25) is 0 Å². The molecule has 0 aliphatic rings. The normalized spacial score (nSPS) is 12.6. The van der Waals surface area contributed by atoms with Gasteiger partial charge in [0.15, 0.2) is 0 Å². The van der Waals surface area contributed by atoms with Gasteiger partial charge in [-0.2, -0.15) is 5.11 Å². The summed E-state index contributed by atoms with van der Waals surface area (Å²) in [6.07, 6.45) is 2.11. The smallest absolute Gasteiger partial charge is 0.0731 e. The van der Waals surface area contributed by atoms with Crippen molar-refractivity contribution in [2.45, 2.75) is 66.3 Å². The van der Waals surface area contributed by atoms with Gasteiger partial charge in [0.2, 0.25) is 0 Å². The first-order valence-corrected chi connectivity index (χ1v) is 9.87. The molecule has 0 spiro atoms. The number of hydrogen-bond acceptors (Lipinski definition) is 2. The Morgan fingerprint density at radius 1 is 0.815 bits per heavy atom. The summed E-state index contributed by atoms with van der Waals surface area (Å²) in [6, 6.07) is 17.1. The molecule has 0 unspecified atom stereocenters. The van der Waals surface area contributed by atoms with Gasteiger partial charge in [-0.15, -0.1) is 0 Å². The molecule has 0 bridgehead atoms. The van der Waals surface area contributed by atoms with Crippen molar-refractivity contribution in [1.29, 1.82) is 0 Å². The molecule has 2 aromatic carbocycles. The first-order chi connectivity index (χ1) is 12.8. The van der Waals surface area contributed by atoms with Crippen LogP contribution in [0.5, 0.6) is 0 Å². The number of anilines is 1. The Bertz CT molecular complexity index is 760. The quantitative estimate of drug-likeness (QED) is 0.368. The summed E-state index contributed by atoms with van der Waals surface area (Å²) in [5.74, 6) is 0.807. The van der Waals surface area contributed by atoms with E-state index in [1.54, 1.807) is 0 Å². The van der Waals surface area contributed by atoms with E-state index in [4.69, 9.17) is 0 Å². The number of hydrogen-bond donors (Lipinski definition) is 0. The third kappa shape index (κ3) is 5.53. The standard InChI is InChI=1S/C24H33N3/c1-17(2)22-14-11-15-23(18(3)4)24(22)27(26-25-19(5)6)16-20(7)21-12-9-8-10-13-21/h8-19H,1-7H3/b20-16+,26-25?. The minimum atomic E-state index is 0.145. The topological polar surface area (TPSA) is 28.0 Å². The lowest BCUT2D eigenvalue weighted by atomic mass is 9.92. The minimum Gasteiger partial charge on any atom is -0.222 e. The van der Waals surface area contributed by atoms with Crippen molar-refractivity contribution in [1.82, 2.24) is 0 Å². The Morgan fingerprint density at radius 2 is 1.37 bits per heavy atom. The van der Waals surface area contributed by atoms with Crippen molar-refractivity contribution >= 4 is 11.3 Å². The van der Waals surface area contributed by atoms with Gasteiger partial charge < -0.3 is 0 Å². The van der Waals surface area contributed by atoms with E-state index >= 15 is 0 Å². The van der Waals surface area contributed by atoms with Crippen molar-refractivity contribution in [3.8, 4) is 0 Å². The van der Waals surface area contributed by atoms with E-state index in [0.29, 0.717) is 11.8 Å². The number of benzene rings is 2. The molecule has 0 atom stereocenters. The van der Waals surface area contributed by atoms with Crippen LogP contribution in [0.3, 0.4) is 0 Å². The van der Waals surface area contributed by atoms with E-state index in [-0.39, 0.29) is 6.04 Å². The Balaban J connectivity index is 2.65. The molecular formula is C24H33N3. The van der Waals surface area contributed by atoms with Crippen molar-refractivity contribution in [3.63, 3.8) is 0 Å². The molecule has 0 saturated carbocycles. The molecule has 0 saturated heterocycles. The summed E-state index contributed by atoms with van der Waals surface area (Å²) >= 11 is 0. The zero-order chi connectivity index (χ0) is 20.0. The molecule has 0 heterocycles. The zero-order valence-corrected chi connectivity index (χ0v) is 17.8. The number of nitrogens with zero attached hydrogens (tertiary/aromatic N) is 3. The van der Waals surface area contributed by atoms with Gasteiger partial charge in [0.1, 0.15) is 0 Å². The lowest BCUT2D eigenvalue weighted by Crippen LogP contribution is -2.15. The first kappa shape index (κ1) is 20.9. The van der Waals surface area contributed by atoms with Crippen LogP contribution in [0.2, 0.25) is 0 Å². The highest BCUT2D eigenvalue weighted by atomic mass is 15.5. The summed E-state index contributed by atoms with van der Waals surface area (Å²) < 4.78 is 0. The second-order valence-corrected chi connectivity index (χ2v) is 7.92. The minimum absolute atomic E-state index is 0.145. The van der Waals surface area contributed by atoms with Crippen LogP contribution in [-0.2, 0) is 0 Å². The predicted octanol–water partition coefficient (Wildman–Crippen LogP) is 7.58. The Morgan fingerprint density at radius 3 is 1.85 bits per heavy atom. The molecule has 0 N–H and O–H groups in total. The fourth-order valence-corrected chi connectivity index (χ4v) is 3.03. The summed E-state index contributed by atoms with van der Waals surface area (Å²) in [4.78, 5) is 0. The average Bonchev–Trinajstić information content (AvgIpc) is 2.64. The Hall–Kier alpha value is -2.42. The van der Waals surface area contributed by atoms with Crippen LogP contribution in [-0.4, -0.2) is 6.04 Å². The fraction of sp³-hybridized carbons (Fsp3) is 0.417. The Kier molecular flexibility index (Phi) is 7.35. The third-order valence-electron chi connectivity index (χ3n) is 4.50. The highest BCUT2D eigenvalue weighted by Gasteiger charge is 2.19. The molecule has 2 aromatic rings. The van der Waals surface area contributed by atoms with E-state index in [0.717, 1.165) is 11.3 Å². The van der Waals surface area contributed by atoms with Crippen LogP contribution in [0, 0.1) is 0 Å². The highest BCUT2D eigenvalue weighted by Crippen LogP contribution is 2.36. The lowest BCUT2D eigenvalue weighted by molar-refractivity contribution is 0.728. The summed E-state index contributed by atoms with van der Waals surface area (Å²) in [7, 11) is 0. The predicted molar refractivity (Wildman–Crippen MR) is 117 cm³/mol. The maximum Gasteiger partial charge on any atom is 0.0731 e. The van der Waals surface area contributed by atoms with Gasteiger partial charge in [0.05, 0.1) is 11.7 Å². The molecule has 2 rings (SSSR count). The maximum absolute atomic E-state index is 4.63. The van der Waals surface area contributed by atoms with E-state index in [1.165, 1.54) is 16.7 Å². The molecule has 0 radical (unpaired) electrons. The highest BCUT2D eigenvalue weighted by molar-refractivity contribution is 5.70. The van der Waals surface area contributed by atoms with Crippen molar-refractivity contribution in [2.24, 2.45) is 10.3 Å². The average molecular weight is 364 g/mol. The first-order valence-electron chi connectivity index (χ1n) is 9.87. The summed E-state index contributed by atoms with van der Waals surface area (Å²) in [5.41, 5.74) is 6.09. The van der Waals surface area contributed by atoms with Crippen molar-refractivity contribution in [3.05, 3.63) is 71.4 Å². The van der Waals surface area contributed by atoms with Gasteiger partial charge in [-0.1, -0.05) is 81.4 Å². The van der Waals surface area contributed by atoms with Crippen LogP contribution >= 0.6 is 0 Å². The summed E-state index contributed by atoms with van der Waals surface area (Å²) in [6.45, 7) is 15.1.